The number of nitrogens with one attached hydrogen (secondary N) is 2. The molecule has 0 aromatic heterocycles. The van der Waals surface area contributed by atoms with Crippen molar-refractivity contribution in [3.63, 3.8) is 0 Å². The number of rotatable bonds is 5. The summed E-state index contributed by atoms with van der Waals surface area (Å²) in [5, 5.41) is 7.16. The Bertz CT molecular complexity index is 668. The van der Waals surface area contributed by atoms with Gasteiger partial charge >= 0.3 is 0 Å². The molecule has 3 rings (SSSR count). The molecule has 2 aliphatic heterocycles. The van der Waals surface area contributed by atoms with Crippen LogP contribution in [0, 0.1) is 13.8 Å². The van der Waals surface area contributed by atoms with E-state index in [0.29, 0.717) is 6.54 Å². The summed E-state index contributed by atoms with van der Waals surface area (Å²) in [5.74, 6) is 0.0382. The number of carbonyl (C=O) groups excluding carboxylic acids is 1. The molecule has 2 aliphatic rings. The highest BCUT2D eigenvalue weighted by molar-refractivity contribution is 7.80. The first-order chi connectivity index (χ1) is 13.0. The first kappa shape index (κ1) is 20.0. The van der Waals surface area contributed by atoms with E-state index in [1.807, 2.05) is 19.1 Å². The van der Waals surface area contributed by atoms with Crippen molar-refractivity contribution in [1.82, 2.24) is 15.1 Å². The lowest BCUT2D eigenvalue weighted by molar-refractivity contribution is -0.117. The van der Waals surface area contributed by atoms with E-state index in [4.69, 9.17) is 17.0 Å². The lowest BCUT2D eigenvalue weighted by Gasteiger charge is -2.36. The quantitative estimate of drug-likeness (QED) is 0.749. The Labute approximate surface area is 167 Å². The van der Waals surface area contributed by atoms with Crippen LogP contribution >= 0.6 is 12.2 Å². The number of nitrogens with zero attached hydrogens (tertiary/aromatic N) is 2. The van der Waals surface area contributed by atoms with Crippen molar-refractivity contribution in [2.24, 2.45) is 0 Å². The summed E-state index contributed by atoms with van der Waals surface area (Å²) in [6, 6.07) is 5.98. The molecule has 2 heterocycles. The van der Waals surface area contributed by atoms with Gasteiger partial charge in [0.05, 0.1) is 12.6 Å². The Hall–Kier alpha value is -1.70. The van der Waals surface area contributed by atoms with Gasteiger partial charge in [0.1, 0.15) is 0 Å². The molecule has 1 aromatic rings. The molecule has 0 radical (unpaired) electrons. The lowest BCUT2D eigenvalue weighted by atomic mass is 10.1. The van der Waals surface area contributed by atoms with Crippen LogP contribution in [0.25, 0.3) is 0 Å². The topological polar surface area (TPSA) is 56.8 Å². The summed E-state index contributed by atoms with van der Waals surface area (Å²) in [5.41, 5.74) is 3.21. The van der Waals surface area contributed by atoms with E-state index >= 15 is 0 Å². The van der Waals surface area contributed by atoms with E-state index in [2.05, 4.69) is 33.4 Å². The Kier molecular flexibility index (Phi) is 7.04. The van der Waals surface area contributed by atoms with E-state index < -0.39 is 0 Å². The van der Waals surface area contributed by atoms with Crippen molar-refractivity contribution in [2.75, 3.05) is 51.2 Å². The average molecular weight is 391 g/mol. The van der Waals surface area contributed by atoms with Crippen LogP contribution in [0.15, 0.2) is 18.2 Å². The van der Waals surface area contributed by atoms with Crippen molar-refractivity contribution >= 4 is 28.9 Å². The van der Waals surface area contributed by atoms with Crippen LogP contribution in [-0.2, 0) is 9.53 Å². The molecule has 0 bridgehead atoms. The van der Waals surface area contributed by atoms with Gasteiger partial charge in [-0.3, -0.25) is 9.69 Å². The fourth-order valence-corrected chi connectivity index (χ4v) is 3.77. The minimum Gasteiger partial charge on any atom is -0.376 e. The van der Waals surface area contributed by atoms with Crippen LogP contribution in [-0.4, -0.2) is 72.8 Å². The van der Waals surface area contributed by atoms with Gasteiger partial charge in [0.25, 0.3) is 0 Å². The van der Waals surface area contributed by atoms with Gasteiger partial charge in [-0.1, -0.05) is 12.1 Å². The van der Waals surface area contributed by atoms with E-state index in [9.17, 15) is 4.79 Å². The standard InChI is InChI=1S/C20H30N4O2S/c1-15-5-3-7-18(16(15)2)22-19(25)14-23-8-10-24(11-9-23)20(27)21-13-17-6-4-12-26-17/h3,5,7,17H,4,6,8-14H2,1-2H3,(H,21,27)(H,22,25)/t17-/m1/s1. The van der Waals surface area contributed by atoms with Crippen LogP contribution in [0.3, 0.4) is 0 Å². The van der Waals surface area contributed by atoms with Crippen LogP contribution in [0.1, 0.15) is 24.0 Å². The number of amides is 1. The lowest BCUT2D eigenvalue weighted by Crippen LogP contribution is -2.53. The largest absolute Gasteiger partial charge is 0.376 e. The van der Waals surface area contributed by atoms with Gasteiger partial charge in [0, 0.05) is 45.0 Å². The first-order valence-electron chi connectivity index (χ1n) is 9.75. The predicted octanol–water partition coefficient (Wildman–Crippen LogP) is 1.91. The van der Waals surface area contributed by atoms with Gasteiger partial charge in [-0.2, -0.15) is 0 Å². The van der Waals surface area contributed by atoms with Crippen LogP contribution < -0.4 is 10.6 Å². The number of aryl methyl sites for hydroxylation is 1. The molecule has 6 nitrogen and oxygen atoms in total. The molecule has 0 saturated carbocycles. The van der Waals surface area contributed by atoms with Crippen molar-refractivity contribution in [1.29, 1.82) is 0 Å². The minimum absolute atomic E-state index is 0.0382. The summed E-state index contributed by atoms with van der Waals surface area (Å²) >= 11 is 5.51. The minimum atomic E-state index is 0.0382. The molecular weight excluding hydrogens is 360 g/mol. The first-order valence-corrected chi connectivity index (χ1v) is 10.2. The maximum atomic E-state index is 12.4. The Morgan fingerprint density at radius 3 is 2.74 bits per heavy atom. The number of piperazine rings is 1. The molecule has 1 amide bonds. The Morgan fingerprint density at radius 1 is 1.26 bits per heavy atom. The highest BCUT2D eigenvalue weighted by atomic mass is 32.1. The average Bonchev–Trinajstić information content (AvgIpc) is 3.18. The molecule has 0 spiro atoms. The zero-order chi connectivity index (χ0) is 19.2. The maximum absolute atomic E-state index is 12.4. The van der Waals surface area contributed by atoms with Gasteiger partial charge in [-0.25, -0.2) is 0 Å². The number of ether oxygens (including phenoxy) is 1. The summed E-state index contributed by atoms with van der Waals surface area (Å²) in [7, 11) is 0. The number of hydrogen-bond acceptors (Lipinski definition) is 4. The van der Waals surface area contributed by atoms with Gasteiger partial charge < -0.3 is 20.3 Å². The third-order valence-corrected chi connectivity index (χ3v) is 5.81. The molecule has 2 N–H and O–H groups in total. The summed E-state index contributed by atoms with van der Waals surface area (Å²) < 4.78 is 5.62. The Morgan fingerprint density at radius 2 is 2.04 bits per heavy atom. The van der Waals surface area contributed by atoms with Crippen LogP contribution in [0.4, 0.5) is 5.69 Å². The monoisotopic (exact) mass is 390 g/mol. The molecular formula is C20H30N4O2S. The van der Waals surface area contributed by atoms with Crippen molar-refractivity contribution in [3.8, 4) is 0 Å². The highest BCUT2D eigenvalue weighted by Gasteiger charge is 2.22. The Balaban J connectivity index is 1.39. The molecule has 2 fully saturated rings. The van der Waals surface area contributed by atoms with Crippen LogP contribution in [0.5, 0.6) is 0 Å². The number of anilines is 1. The van der Waals surface area contributed by atoms with Gasteiger partial charge in [-0.15, -0.1) is 0 Å². The van der Waals surface area contributed by atoms with Crippen LogP contribution in [0.2, 0.25) is 0 Å². The van der Waals surface area contributed by atoms with Gasteiger partial charge in [0.2, 0.25) is 5.91 Å². The van der Waals surface area contributed by atoms with Gasteiger partial charge in [0.15, 0.2) is 5.11 Å². The van der Waals surface area contributed by atoms with Crippen molar-refractivity contribution in [3.05, 3.63) is 29.3 Å². The zero-order valence-electron chi connectivity index (χ0n) is 16.3. The molecule has 7 heteroatoms. The second kappa shape index (κ2) is 9.48. The molecule has 1 atom stereocenters. The predicted molar refractivity (Wildman–Crippen MR) is 112 cm³/mol. The zero-order valence-corrected chi connectivity index (χ0v) is 17.1. The van der Waals surface area contributed by atoms with E-state index in [1.54, 1.807) is 0 Å². The molecule has 27 heavy (non-hydrogen) atoms. The number of carbonyl (C=O) groups is 1. The number of benzene rings is 1. The molecule has 1 aromatic carbocycles. The number of thiocarbonyl (C=S) groups is 1. The summed E-state index contributed by atoms with van der Waals surface area (Å²) in [6.45, 7) is 9.51. The van der Waals surface area contributed by atoms with Crippen molar-refractivity contribution < 1.29 is 9.53 Å². The number of hydrogen-bond donors (Lipinski definition) is 2. The van der Waals surface area contributed by atoms with Gasteiger partial charge in [-0.05, 0) is 56.1 Å². The highest BCUT2D eigenvalue weighted by Crippen LogP contribution is 2.18. The summed E-state index contributed by atoms with van der Waals surface area (Å²) in [4.78, 5) is 16.8. The maximum Gasteiger partial charge on any atom is 0.238 e. The molecule has 148 valence electrons. The van der Waals surface area contributed by atoms with Crippen molar-refractivity contribution in [2.45, 2.75) is 32.8 Å². The SMILES string of the molecule is Cc1cccc(NC(=O)CN2CCN(C(=S)NC[C@H]3CCCO3)CC2)c1C. The second-order valence-corrected chi connectivity index (χ2v) is 7.77. The third-order valence-electron chi connectivity index (χ3n) is 5.41. The van der Waals surface area contributed by atoms with E-state index in [0.717, 1.165) is 68.5 Å². The third kappa shape index (κ3) is 5.64. The summed E-state index contributed by atoms with van der Waals surface area (Å²) in [6.07, 6.45) is 2.54. The molecule has 2 saturated heterocycles. The second-order valence-electron chi connectivity index (χ2n) is 7.38. The fourth-order valence-electron chi connectivity index (χ4n) is 3.51. The smallest absolute Gasteiger partial charge is 0.238 e. The van der Waals surface area contributed by atoms with E-state index in [1.165, 1.54) is 5.56 Å². The molecule has 0 unspecified atom stereocenters. The molecule has 0 aliphatic carbocycles. The van der Waals surface area contributed by atoms with E-state index in [-0.39, 0.29) is 12.0 Å². The normalized spacial score (nSPS) is 20.5. The fraction of sp³-hybridized carbons (Fsp3) is 0.600.